The molecule has 0 bridgehead atoms. The van der Waals surface area contributed by atoms with Crippen LogP contribution in [-0.4, -0.2) is 23.0 Å². The summed E-state index contributed by atoms with van der Waals surface area (Å²) in [5.74, 6) is -0.852. The van der Waals surface area contributed by atoms with Crippen LogP contribution < -0.4 is 4.90 Å². The third-order valence-electron chi connectivity index (χ3n) is 6.21. The Bertz CT molecular complexity index is 1180. The fourth-order valence-corrected chi connectivity index (χ4v) is 4.03. The first-order valence-electron chi connectivity index (χ1n) is 13.1. The second-order valence-electron chi connectivity index (χ2n) is 9.14. The molecule has 0 aliphatic rings. The Morgan fingerprint density at radius 1 is 0.811 bits per heavy atom. The lowest BCUT2D eigenvalue weighted by Gasteiger charge is -2.25. The van der Waals surface area contributed by atoms with Gasteiger partial charge in [0.2, 0.25) is 5.82 Å². The summed E-state index contributed by atoms with van der Waals surface area (Å²) in [4.78, 5) is 17.0. The molecule has 0 saturated heterocycles. The van der Waals surface area contributed by atoms with Gasteiger partial charge in [0.05, 0.1) is 10.6 Å². The fourth-order valence-electron chi connectivity index (χ4n) is 4.03. The molecule has 0 amide bonds. The Morgan fingerprint density at radius 2 is 1.41 bits per heavy atom. The predicted molar refractivity (Wildman–Crippen MR) is 153 cm³/mol. The van der Waals surface area contributed by atoms with Crippen molar-refractivity contribution >= 4 is 35.7 Å². The third-order valence-corrected chi connectivity index (χ3v) is 6.21. The summed E-state index contributed by atoms with van der Waals surface area (Å²) in [5, 5.41) is 10.7. The van der Waals surface area contributed by atoms with E-state index in [2.05, 4.69) is 54.1 Å². The maximum Gasteiger partial charge on any atom is 0.304 e. The summed E-state index contributed by atoms with van der Waals surface area (Å²) in [7, 11) is 0. The van der Waals surface area contributed by atoms with Gasteiger partial charge in [0, 0.05) is 31.0 Å². The minimum Gasteiger partial charge on any atom is -0.372 e. The Hall–Kier alpha value is -3.80. The molecular weight excluding hydrogens is 465 g/mol. The average molecular weight is 502 g/mol. The second-order valence-corrected chi connectivity index (χ2v) is 9.14. The van der Waals surface area contributed by atoms with Gasteiger partial charge in [-0.2, -0.15) is 4.39 Å². The third kappa shape index (κ3) is 8.98. The zero-order chi connectivity index (χ0) is 26.5. The van der Waals surface area contributed by atoms with Crippen molar-refractivity contribution in [2.75, 3.05) is 18.0 Å². The van der Waals surface area contributed by atoms with E-state index in [-0.39, 0.29) is 0 Å². The van der Waals surface area contributed by atoms with Crippen LogP contribution in [0.25, 0.3) is 24.3 Å². The molecule has 3 aromatic rings. The van der Waals surface area contributed by atoms with E-state index >= 15 is 0 Å². The molecule has 0 fully saturated rings. The van der Waals surface area contributed by atoms with Gasteiger partial charge in [0.1, 0.15) is 0 Å². The molecule has 194 valence electrons. The number of anilines is 1. The Balaban J connectivity index is 1.60. The first-order chi connectivity index (χ1) is 18.0. The van der Waals surface area contributed by atoms with Gasteiger partial charge in [-0.05, 0) is 65.9 Å². The largest absolute Gasteiger partial charge is 0.372 e. The summed E-state index contributed by atoms with van der Waals surface area (Å²) in [6.45, 7) is 6.70. The van der Waals surface area contributed by atoms with E-state index in [1.54, 1.807) is 18.3 Å². The minimum atomic E-state index is -0.852. The minimum absolute atomic E-state index is 0.530. The predicted octanol–water partition coefficient (Wildman–Crippen LogP) is 8.66. The maximum absolute atomic E-state index is 13.8. The van der Waals surface area contributed by atoms with Crippen LogP contribution in [-0.2, 0) is 0 Å². The van der Waals surface area contributed by atoms with Crippen molar-refractivity contribution in [2.24, 2.45) is 0 Å². The summed E-state index contributed by atoms with van der Waals surface area (Å²) < 4.78 is 13.8. The van der Waals surface area contributed by atoms with Gasteiger partial charge < -0.3 is 4.90 Å². The average Bonchev–Trinajstić information content (AvgIpc) is 2.91. The summed E-state index contributed by atoms with van der Waals surface area (Å²) in [5.41, 5.74) is 4.11. The second kappa shape index (κ2) is 14.7. The zero-order valence-corrected chi connectivity index (χ0v) is 21.8. The highest BCUT2D eigenvalue weighted by Gasteiger charge is 2.12. The van der Waals surface area contributed by atoms with E-state index in [1.807, 2.05) is 18.2 Å². The van der Waals surface area contributed by atoms with E-state index in [0.29, 0.717) is 11.3 Å². The number of unbranched alkanes of at least 4 members (excludes halogenated alkanes) is 4. The Morgan fingerprint density at radius 3 is 1.97 bits per heavy atom. The van der Waals surface area contributed by atoms with Gasteiger partial charge in [-0.25, -0.2) is 0 Å². The number of aromatic nitrogens is 1. The van der Waals surface area contributed by atoms with E-state index in [4.69, 9.17) is 0 Å². The lowest BCUT2D eigenvalue weighted by atomic mass is 10.1. The van der Waals surface area contributed by atoms with E-state index in [0.717, 1.165) is 30.3 Å². The fraction of sp³-hybridized carbons (Fsp3) is 0.323. The summed E-state index contributed by atoms with van der Waals surface area (Å²) >= 11 is 0. The molecule has 0 spiro atoms. The molecule has 0 unspecified atom stereocenters. The van der Waals surface area contributed by atoms with Crippen LogP contribution in [0.5, 0.6) is 0 Å². The van der Waals surface area contributed by atoms with Crippen LogP contribution in [0.15, 0.2) is 60.8 Å². The van der Waals surface area contributed by atoms with Crippen LogP contribution in [0.3, 0.4) is 0 Å². The number of pyridine rings is 1. The first-order valence-corrected chi connectivity index (χ1v) is 13.1. The molecule has 0 aliphatic carbocycles. The van der Waals surface area contributed by atoms with Gasteiger partial charge in [0.15, 0.2) is 0 Å². The molecule has 0 aliphatic heterocycles. The molecule has 1 aromatic heterocycles. The van der Waals surface area contributed by atoms with Crippen molar-refractivity contribution in [1.29, 1.82) is 0 Å². The number of halogens is 1. The number of benzene rings is 2. The number of rotatable bonds is 14. The number of nitro benzene ring substituents is 1. The van der Waals surface area contributed by atoms with Crippen LogP contribution in [0.2, 0.25) is 0 Å². The van der Waals surface area contributed by atoms with Gasteiger partial charge in [-0.15, -0.1) is 0 Å². The first kappa shape index (κ1) is 27.8. The van der Waals surface area contributed by atoms with E-state index in [9.17, 15) is 14.5 Å². The monoisotopic (exact) mass is 501 g/mol. The van der Waals surface area contributed by atoms with Crippen molar-refractivity contribution < 1.29 is 9.31 Å². The molecule has 0 saturated carbocycles. The van der Waals surface area contributed by atoms with Crippen LogP contribution in [0, 0.1) is 15.9 Å². The lowest BCUT2D eigenvalue weighted by molar-refractivity contribution is -0.387. The van der Waals surface area contributed by atoms with Gasteiger partial charge in [-0.1, -0.05) is 76.0 Å². The summed E-state index contributed by atoms with van der Waals surface area (Å²) in [6.07, 6.45) is 16.8. The smallest absolute Gasteiger partial charge is 0.304 e. The highest BCUT2D eigenvalue weighted by molar-refractivity contribution is 5.72. The number of nitro groups is 1. The molecule has 6 heteroatoms. The molecule has 0 N–H and O–H groups in total. The standard InChI is InChI=1S/C31H36FN3O2/c1-3-5-7-21-34(22-8-6-4-2)29-18-13-25(14-19-29)9-10-27-12-17-28(33-24-27)16-11-26-15-20-31(35(36)37)30(32)23-26/h9-20,23-24H,3-8,21-22H2,1-2H3/b10-9+,16-11+. The molecule has 37 heavy (non-hydrogen) atoms. The van der Waals surface area contributed by atoms with Crippen LogP contribution in [0.4, 0.5) is 15.8 Å². The molecule has 5 nitrogen and oxygen atoms in total. The van der Waals surface area contributed by atoms with E-state index < -0.39 is 16.4 Å². The van der Waals surface area contributed by atoms with Crippen molar-refractivity contribution in [3.05, 3.63) is 99.1 Å². The zero-order valence-electron chi connectivity index (χ0n) is 21.8. The maximum atomic E-state index is 13.8. The number of nitrogens with zero attached hydrogens (tertiary/aromatic N) is 3. The van der Waals surface area contributed by atoms with Crippen molar-refractivity contribution in [1.82, 2.24) is 4.98 Å². The highest BCUT2D eigenvalue weighted by atomic mass is 19.1. The van der Waals surface area contributed by atoms with Crippen molar-refractivity contribution in [2.45, 2.75) is 52.4 Å². The highest BCUT2D eigenvalue weighted by Crippen LogP contribution is 2.20. The normalized spacial score (nSPS) is 11.4. The molecule has 0 radical (unpaired) electrons. The molecular formula is C31H36FN3O2. The number of hydrogen-bond acceptors (Lipinski definition) is 4. The van der Waals surface area contributed by atoms with Gasteiger partial charge >= 0.3 is 5.69 Å². The molecule has 2 aromatic carbocycles. The summed E-state index contributed by atoms with van der Waals surface area (Å²) in [6, 6.07) is 16.4. The topological polar surface area (TPSA) is 59.3 Å². The SMILES string of the molecule is CCCCCN(CCCCC)c1ccc(/C=C/c2ccc(/C=C/c3ccc([N+](=O)[O-])c(F)c3)nc2)cc1. The van der Waals surface area contributed by atoms with Crippen molar-refractivity contribution in [3.63, 3.8) is 0 Å². The Labute approximate surface area is 219 Å². The van der Waals surface area contributed by atoms with E-state index in [1.165, 1.54) is 56.3 Å². The van der Waals surface area contributed by atoms with Crippen molar-refractivity contribution in [3.8, 4) is 0 Å². The lowest BCUT2D eigenvalue weighted by Crippen LogP contribution is -2.25. The quantitative estimate of drug-likeness (QED) is 0.126. The molecule has 1 heterocycles. The van der Waals surface area contributed by atoms with Gasteiger partial charge in [0.25, 0.3) is 0 Å². The molecule has 0 atom stereocenters. The number of hydrogen-bond donors (Lipinski definition) is 0. The van der Waals surface area contributed by atoms with Gasteiger partial charge in [-0.3, -0.25) is 15.1 Å². The molecule has 3 rings (SSSR count). The van der Waals surface area contributed by atoms with Crippen LogP contribution in [0.1, 0.15) is 74.8 Å². The van der Waals surface area contributed by atoms with Crippen LogP contribution >= 0.6 is 0 Å². The Kier molecular flexibility index (Phi) is 11.0.